The van der Waals surface area contributed by atoms with Gasteiger partial charge in [0.2, 0.25) is 11.8 Å². The first kappa shape index (κ1) is 12.5. The summed E-state index contributed by atoms with van der Waals surface area (Å²) in [6.07, 6.45) is 0. The summed E-state index contributed by atoms with van der Waals surface area (Å²) in [6, 6.07) is 6.66. The molecule has 0 radical (unpaired) electrons. The second-order valence-corrected chi connectivity index (χ2v) is 3.20. The molecular weight excluding hydrogens is 222 g/mol. The molecule has 17 heavy (non-hydrogen) atoms. The van der Waals surface area contributed by atoms with Crippen LogP contribution in [-0.2, 0) is 9.59 Å². The normalized spacial score (nSPS) is 9.00. The lowest BCUT2D eigenvalue weighted by Gasteiger charge is -2.06. The molecule has 0 bridgehead atoms. The molecule has 7 heteroatoms. The Kier molecular flexibility index (Phi) is 4.53. The van der Waals surface area contributed by atoms with Crippen LogP contribution in [0.25, 0.3) is 10.4 Å². The topological polar surface area (TPSA) is 107 Å². The number of azide groups is 1. The van der Waals surface area contributed by atoms with Gasteiger partial charge in [-0.05, 0) is 23.7 Å². The Hall–Kier alpha value is -2.53. The third-order valence-corrected chi connectivity index (χ3v) is 1.74. The van der Waals surface area contributed by atoms with Crippen LogP contribution < -0.4 is 10.6 Å². The number of nitrogens with zero attached hydrogens (tertiary/aromatic N) is 3. The van der Waals surface area contributed by atoms with Crippen LogP contribution in [0.4, 0.5) is 11.4 Å². The zero-order valence-corrected chi connectivity index (χ0v) is 9.17. The van der Waals surface area contributed by atoms with Gasteiger partial charge in [-0.2, -0.15) is 0 Å². The molecule has 0 saturated carbocycles. The Morgan fingerprint density at radius 1 is 1.35 bits per heavy atom. The quantitative estimate of drug-likeness (QED) is 0.470. The van der Waals surface area contributed by atoms with Gasteiger partial charge in [-0.25, -0.2) is 0 Å². The average Bonchev–Trinajstić information content (AvgIpc) is 2.26. The summed E-state index contributed by atoms with van der Waals surface area (Å²) in [5, 5.41) is 8.26. The van der Waals surface area contributed by atoms with E-state index in [4.69, 9.17) is 5.53 Å². The Morgan fingerprint density at radius 3 is 2.59 bits per heavy atom. The van der Waals surface area contributed by atoms with Crippen LogP contribution in [-0.4, -0.2) is 18.4 Å². The second-order valence-electron chi connectivity index (χ2n) is 3.20. The highest BCUT2D eigenvalue weighted by atomic mass is 16.2. The third kappa shape index (κ3) is 4.67. The van der Waals surface area contributed by atoms with Gasteiger partial charge in [0.25, 0.3) is 0 Å². The summed E-state index contributed by atoms with van der Waals surface area (Å²) in [7, 11) is 0. The van der Waals surface area contributed by atoms with Crippen LogP contribution in [0.5, 0.6) is 0 Å². The lowest BCUT2D eigenvalue weighted by Crippen LogP contribution is -2.14. The summed E-state index contributed by atoms with van der Waals surface area (Å²) >= 11 is 0. The summed E-state index contributed by atoms with van der Waals surface area (Å²) in [5.41, 5.74) is 9.16. The summed E-state index contributed by atoms with van der Waals surface area (Å²) in [6.45, 7) is 1.13. The van der Waals surface area contributed by atoms with Crippen molar-refractivity contribution in [3.8, 4) is 0 Å². The van der Waals surface area contributed by atoms with Crippen molar-refractivity contribution in [2.75, 3.05) is 17.2 Å². The molecule has 0 saturated heterocycles. The van der Waals surface area contributed by atoms with Crippen LogP contribution in [0, 0.1) is 0 Å². The minimum absolute atomic E-state index is 0.192. The monoisotopic (exact) mass is 233 g/mol. The highest BCUT2D eigenvalue weighted by Crippen LogP contribution is 2.14. The number of rotatable bonds is 4. The van der Waals surface area contributed by atoms with Crippen molar-refractivity contribution in [1.29, 1.82) is 0 Å². The molecule has 0 heterocycles. The van der Waals surface area contributed by atoms with E-state index in [1.807, 2.05) is 0 Å². The maximum absolute atomic E-state index is 11.2. The number of anilines is 2. The van der Waals surface area contributed by atoms with E-state index in [1.54, 1.807) is 24.3 Å². The number of hydrogen-bond donors (Lipinski definition) is 2. The Bertz CT molecular complexity index is 479. The van der Waals surface area contributed by atoms with Gasteiger partial charge in [-0.1, -0.05) is 11.2 Å². The van der Waals surface area contributed by atoms with E-state index in [1.165, 1.54) is 6.92 Å². The van der Waals surface area contributed by atoms with Gasteiger partial charge in [0.05, 0.1) is 0 Å². The predicted molar refractivity (Wildman–Crippen MR) is 63.4 cm³/mol. The van der Waals surface area contributed by atoms with Gasteiger partial charge >= 0.3 is 0 Å². The molecule has 0 aliphatic carbocycles. The van der Waals surface area contributed by atoms with Gasteiger partial charge in [0, 0.05) is 23.2 Å². The van der Waals surface area contributed by atoms with Crippen molar-refractivity contribution < 1.29 is 9.59 Å². The Balaban J connectivity index is 2.68. The second kappa shape index (κ2) is 6.14. The maximum Gasteiger partial charge on any atom is 0.230 e. The van der Waals surface area contributed by atoms with Gasteiger partial charge in [0.15, 0.2) is 0 Å². The van der Waals surface area contributed by atoms with Crippen LogP contribution in [0.2, 0.25) is 0 Å². The molecule has 0 atom stereocenters. The zero-order valence-electron chi connectivity index (χ0n) is 9.17. The van der Waals surface area contributed by atoms with Crippen molar-refractivity contribution in [1.82, 2.24) is 0 Å². The van der Waals surface area contributed by atoms with Crippen LogP contribution >= 0.6 is 0 Å². The SMILES string of the molecule is CC(=O)Nc1cccc(NC(=O)CN=[N+]=[N-])c1. The van der Waals surface area contributed by atoms with Gasteiger partial charge in [-0.15, -0.1) is 0 Å². The fourth-order valence-electron chi connectivity index (χ4n) is 1.17. The van der Waals surface area contributed by atoms with Crippen molar-refractivity contribution in [3.63, 3.8) is 0 Å². The highest BCUT2D eigenvalue weighted by molar-refractivity contribution is 5.94. The standard InChI is InChI=1S/C10H11N5O2/c1-7(16)13-8-3-2-4-9(5-8)14-10(17)6-12-15-11/h2-5H,6H2,1H3,(H,13,16)(H,14,17). The molecule has 1 rings (SSSR count). The van der Waals surface area contributed by atoms with E-state index >= 15 is 0 Å². The van der Waals surface area contributed by atoms with E-state index in [0.717, 1.165) is 0 Å². The van der Waals surface area contributed by atoms with E-state index < -0.39 is 5.91 Å². The molecule has 1 aromatic carbocycles. The third-order valence-electron chi connectivity index (χ3n) is 1.74. The molecule has 1 aromatic rings. The molecule has 88 valence electrons. The number of carbonyl (C=O) groups is 2. The molecule has 2 N–H and O–H groups in total. The molecule has 7 nitrogen and oxygen atoms in total. The number of hydrogen-bond acceptors (Lipinski definition) is 3. The molecule has 0 spiro atoms. The number of nitrogens with one attached hydrogen (secondary N) is 2. The minimum atomic E-state index is -0.414. The van der Waals surface area contributed by atoms with Crippen molar-refractivity contribution in [3.05, 3.63) is 34.7 Å². The lowest BCUT2D eigenvalue weighted by atomic mass is 10.2. The highest BCUT2D eigenvalue weighted by Gasteiger charge is 2.02. The molecule has 0 aliphatic heterocycles. The summed E-state index contributed by atoms with van der Waals surface area (Å²) in [4.78, 5) is 24.6. The molecular formula is C10H11N5O2. The van der Waals surface area contributed by atoms with Gasteiger partial charge in [-0.3, -0.25) is 9.59 Å². The van der Waals surface area contributed by atoms with E-state index in [0.29, 0.717) is 11.4 Å². The summed E-state index contributed by atoms with van der Waals surface area (Å²) < 4.78 is 0. The first-order valence-electron chi connectivity index (χ1n) is 4.80. The van der Waals surface area contributed by atoms with Crippen LogP contribution in [0.1, 0.15) is 6.92 Å². The van der Waals surface area contributed by atoms with E-state index in [-0.39, 0.29) is 12.5 Å². The minimum Gasteiger partial charge on any atom is -0.326 e. The molecule has 0 aromatic heterocycles. The van der Waals surface area contributed by atoms with E-state index in [9.17, 15) is 9.59 Å². The largest absolute Gasteiger partial charge is 0.326 e. The molecule has 2 amide bonds. The summed E-state index contributed by atoms with van der Waals surface area (Å²) in [5.74, 6) is -0.606. The Labute approximate surface area is 97.4 Å². The van der Waals surface area contributed by atoms with Crippen molar-refractivity contribution in [2.24, 2.45) is 5.11 Å². The van der Waals surface area contributed by atoms with Crippen molar-refractivity contribution >= 4 is 23.2 Å². The first-order chi connectivity index (χ1) is 8.11. The first-order valence-corrected chi connectivity index (χ1v) is 4.80. The number of carbonyl (C=O) groups excluding carboxylic acids is 2. The fraction of sp³-hybridized carbons (Fsp3) is 0.200. The number of benzene rings is 1. The average molecular weight is 233 g/mol. The van der Waals surface area contributed by atoms with Gasteiger partial charge < -0.3 is 10.6 Å². The smallest absolute Gasteiger partial charge is 0.230 e. The van der Waals surface area contributed by atoms with Crippen LogP contribution in [0.15, 0.2) is 29.4 Å². The lowest BCUT2D eigenvalue weighted by molar-refractivity contribution is -0.115. The van der Waals surface area contributed by atoms with Crippen molar-refractivity contribution in [2.45, 2.75) is 6.92 Å². The Morgan fingerprint density at radius 2 is 2.00 bits per heavy atom. The molecule has 0 aliphatic rings. The number of amides is 2. The molecule has 0 unspecified atom stereocenters. The fourth-order valence-corrected chi connectivity index (χ4v) is 1.17. The van der Waals surface area contributed by atoms with E-state index in [2.05, 4.69) is 20.7 Å². The maximum atomic E-state index is 11.2. The zero-order chi connectivity index (χ0) is 12.7. The molecule has 0 fully saturated rings. The van der Waals surface area contributed by atoms with Crippen LogP contribution in [0.3, 0.4) is 0 Å². The van der Waals surface area contributed by atoms with Gasteiger partial charge in [0.1, 0.15) is 6.54 Å². The predicted octanol–water partition coefficient (Wildman–Crippen LogP) is 1.89.